The van der Waals surface area contributed by atoms with Gasteiger partial charge < -0.3 is 9.64 Å². The summed E-state index contributed by atoms with van der Waals surface area (Å²) in [5.74, 6) is -0.657. The minimum Gasteiger partial charge on any atom is -0.369 e. The van der Waals surface area contributed by atoms with Crippen LogP contribution in [0.3, 0.4) is 0 Å². The van der Waals surface area contributed by atoms with Crippen LogP contribution >= 0.6 is 23.2 Å². The van der Waals surface area contributed by atoms with Crippen LogP contribution in [0.25, 0.3) is 0 Å². The lowest BCUT2D eigenvalue weighted by atomic mass is 9.60. The molecule has 0 aliphatic heterocycles. The predicted molar refractivity (Wildman–Crippen MR) is 99.1 cm³/mol. The Morgan fingerprint density at radius 3 is 2.24 bits per heavy atom. The van der Waals surface area contributed by atoms with Gasteiger partial charge in [-0.05, 0) is 18.6 Å². The van der Waals surface area contributed by atoms with Crippen molar-refractivity contribution in [2.24, 2.45) is 11.3 Å². The van der Waals surface area contributed by atoms with Gasteiger partial charge in [-0.15, -0.1) is 23.2 Å². The van der Waals surface area contributed by atoms with Crippen LogP contribution in [0.15, 0.2) is 11.6 Å². The van der Waals surface area contributed by atoms with Gasteiger partial charge in [-0.2, -0.15) is 0 Å². The second kappa shape index (κ2) is 8.65. The molecule has 25 heavy (non-hydrogen) atoms. The molecule has 0 aromatic rings. The number of rotatable bonds is 8. The largest absolute Gasteiger partial charge is 0.369 e. The van der Waals surface area contributed by atoms with Gasteiger partial charge in [0.15, 0.2) is 11.6 Å². The number of ether oxygens (including phenoxy) is 1. The van der Waals surface area contributed by atoms with Gasteiger partial charge in [-0.3, -0.25) is 14.4 Å². The first kappa shape index (κ1) is 22.1. The molecule has 1 rings (SSSR count). The molecule has 2 unspecified atom stereocenters. The Bertz CT molecular complexity index is 567. The second-order valence-corrected chi connectivity index (χ2v) is 7.79. The van der Waals surface area contributed by atoms with Gasteiger partial charge in [0.25, 0.3) is 0 Å². The zero-order chi connectivity index (χ0) is 19.4. The van der Waals surface area contributed by atoms with E-state index < -0.39 is 16.9 Å². The highest BCUT2D eigenvalue weighted by Gasteiger charge is 2.59. The maximum absolute atomic E-state index is 12.8. The summed E-state index contributed by atoms with van der Waals surface area (Å²) in [6.07, 6.45) is 1.37. The molecular weight excluding hydrogens is 365 g/mol. The number of halogens is 2. The van der Waals surface area contributed by atoms with E-state index in [0.29, 0.717) is 30.4 Å². The third-order valence-electron chi connectivity index (χ3n) is 5.09. The van der Waals surface area contributed by atoms with Crippen molar-refractivity contribution in [3.05, 3.63) is 11.6 Å². The van der Waals surface area contributed by atoms with E-state index >= 15 is 0 Å². The summed E-state index contributed by atoms with van der Waals surface area (Å²) in [7, 11) is 1.41. The van der Waals surface area contributed by atoms with Gasteiger partial charge in [-0.25, -0.2) is 0 Å². The molecule has 0 fully saturated rings. The smallest absolute Gasteiger partial charge is 0.223 e. The molecule has 0 aromatic heterocycles. The molecule has 1 amide bonds. The molecule has 0 spiro atoms. The van der Waals surface area contributed by atoms with E-state index in [0.717, 1.165) is 0 Å². The van der Waals surface area contributed by atoms with E-state index in [1.807, 2.05) is 0 Å². The maximum atomic E-state index is 12.8. The van der Waals surface area contributed by atoms with Crippen LogP contribution in [-0.4, -0.2) is 59.9 Å². The maximum Gasteiger partial charge on any atom is 0.223 e. The molecule has 0 saturated carbocycles. The van der Waals surface area contributed by atoms with Crippen molar-refractivity contribution in [1.29, 1.82) is 0 Å². The fraction of sp³-hybridized carbons (Fsp3) is 0.722. The lowest BCUT2D eigenvalue weighted by Gasteiger charge is -2.48. The molecule has 0 aromatic carbocycles. The van der Waals surface area contributed by atoms with Crippen molar-refractivity contribution in [3.8, 4) is 0 Å². The molecule has 1 aliphatic rings. The summed E-state index contributed by atoms with van der Waals surface area (Å²) in [4.78, 5) is 39.6. The summed E-state index contributed by atoms with van der Waals surface area (Å²) >= 11 is 11.5. The van der Waals surface area contributed by atoms with Crippen molar-refractivity contribution in [1.82, 2.24) is 4.90 Å². The number of carbonyl (C=O) groups excluding carboxylic acids is 3. The van der Waals surface area contributed by atoms with Crippen molar-refractivity contribution >= 4 is 40.7 Å². The molecule has 1 aliphatic carbocycles. The van der Waals surface area contributed by atoms with Gasteiger partial charge in [0, 0.05) is 43.8 Å². The number of amides is 1. The fourth-order valence-corrected chi connectivity index (χ4v) is 4.18. The highest BCUT2D eigenvalue weighted by Crippen LogP contribution is 2.46. The molecule has 0 saturated heterocycles. The molecule has 7 heteroatoms. The van der Waals surface area contributed by atoms with Crippen LogP contribution in [0.1, 0.15) is 34.1 Å². The first-order valence-electron chi connectivity index (χ1n) is 8.30. The normalized spacial score (nSPS) is 24.3. The van der Waals surface area contributed by atoms with Gasteiger partial charge in [0.2, 0.25) is 5.91 Å². The topological polar surface area (TPSA) is 63.7 Å². The predicted octanol–water partition coefficient (Wildman–Crippen LogP) is 2.83. The van der Waals surface area contributed by atoms with Crippen molar-refractivity contribution < 1.29 is 19.1 Å². The quantitative estimate of drug-likeness (QED) is 0.596. The van der Waals surface area contributed by atoms with Crippen LogP contribution in [0.2, 0.25) is 0 Å². The third-order valence-corrected chi connectivity index (χ3v) is 5.43. The number of allylic oxidation sites excluding steroid dienone is 1. The molecule has 0 heterocycles. The van der Waals surface area contributed by atoms with Gasteiger partial charge >= 0.3 is 0 Å². The van der Waals surface area contributed by atoms with Gasteiger partial charge in [0.1, 0.15) is 5.60 Å². The lowest BCUT2D eigenvalue weighted by Crippen LogP contribution is -2.61. The van der Waals surface area contributed by atoms with Crippen molar-refractivity contribution in [2.45, 2.75) is 39.7 Å². The number of carbonyl (C=O) groups is 3. The highest BCUT2D eigenvalue weighted by atomic mass is 35.5. The fourth-order valence-electron chi connectivity index (χ4n) is 3.77. The highest BCUT2D eigenvalue weighted by molar-refractivity contribution is 6.18. The third kappa shape index (κ3) is 4.09. The van der Waals surface area contributed by atoms with E-state index in [2.05, 4.69) is 0 Å². The Labute approximate surface area is 159 Å². The summed E-state index contributed by atoms with van der Waals surface area (Å²) in [5, 5.41) is 0. The number of hydrogen-bond acceptors (Lipinski definition) is 4. The average Bonchev–Trinajstić information content (AvgIpc) is 2.52. The number of methoxy groups -OCH3 is 1. The Morgan fingerprint density at radius 1 is 1.28 bits per heavy atom. The Hall–Kier alpha value is -0.910. The number of ketones is 2. The van der Waals surface area contributed by atoms with E-state index in [1.165, 1.54) is 13.2 Å². The Kier molecular flexibility index (Phi) is 7.66. The lowest BCUT2D eigenvalue weighted by molar-refractivity contribution is -0.174. The number of alkyl halides is 2. The summed E-state index contributed by atoms with van der Waals surface area (Å²) < 4.78 is 5.65. The monoisotopic (exact) mass is 391 g/mol. The summed E-state index contributed by atoms with van der Waals surface area (Å²) in [5.41, 5.74) is -1.86. The molecule has 0 N–H and O–H groups in total. The second-order valence-electron chi connectivity index (χ2n) is 7.04. The van der Waals surface area contributed by atoms with Crippen LogP contribution in [0.4, 0.5) is 0 Å². The summed E-state index contributed by atoms with van der Waals surface area (Å²) in [6, 6.07) is 0. The zero-order valence-corrected chi connectivity index (χ0v) is 17.0. The van der Waals surface area contributed by atoms with E-state index in [1.54, 1.807) is 32.6 Å². The van der Waals surface area contributed by atoms with E-state index in [-0.39, 0.29) is 23.9 Å². The molecule has 0 radical (unpaired) electrons. The van der Waals surface area contributed by atoms with Gasteiger partial charge in [-0.1, -0.05) is 20.8 Å². The molecule has 5 nitrogen and oxygen atoms in total. The number of nitrogens with zero attached hydrogens (tertiary/aromatic N) is 1. The van der Waals surface area contributed by atoms with Crippen molar-refractivity contribution in [3.63, 3.8) is 0 Å². The van der Waals surface area contributed by atoms with Crippen LogP contribution in [-0.2, 0) is 19.1 Å². The van der Waals surface area contributed by atoms with E-state index in [9.17, 15) is 14.4 Å². The van der Waals surface area contributed by atoms with Crippen LogP contribution in [0.5, 0.6) is 0 Å². The standard InChI is InChI=1S/C18H27Cl2NO4/c1-12-10-14(22)18(25-5,13(2)16(12)24)17(3,4)11-15(23)21(8-6-19)9-7-20/h10,13H,6-9,11H2,1-5H3. The zero-order valence-electron chi connectivity index (χ0n) is 15.5. The van der Waals surface area contributed by atoms with Crippen LogP contribution < -0.4 is 0 Å². The number of Topliss-reactive ketones (excluding diaryl/α,β-unsaturated/α-hetero) is 1. The SMILES string of the molecule is COC1(C(C)(C)CC(=O)N(CCCl)CCCl)C(=O)C=C(C)C(=O)C1C. The van der Waals surface area contributed by atoms with Gasteiger partial charge in [0.05, 0.1) is 5.92 Å². The molecule has 2 atom stereocenters. The Morgan fingerprint density at radius 2 is 1.80 bits per heavy atom. The minimum atomic E-state index is -1.38. The first-order chi connectivity index (χ1) is 11.6. The number of hydrogen-bond donors (Lipinski definition) is 0. The van der Waals surface area contributed by atoms with E-state index in [4.69, 9.17) is 27.9 Å². The minimum absolute atomic E-state index is 0.0465. The molecule has 142 valence electrons. The summed E-state index contributed by atoms with van der Waals surface area (Å²) in [6.45, 7) is 7.63. The molecular formula is C18H27Cl2NO4. The molecule has 0 bridgehead atoms. The first-order valence-corrected chi connectivity index (χ1v) is 9.37. The average molecular weight is 392 g/mol. The Balaban J connectivity index is 3.22. The van der Waals surface area contributed by atoms with Crippen LogP contribution in [0, 0.1) is 11.3 Å². The van der Waals surface area contributed by atoms with Crippen molar-refractivity contribution in [2.75, 3.05) is 32.0 Å².